The van der Waals surface area contributed by atoms with Gasteiger partial charge < -0.3 is 4.74 Å². The van der Waals surface area contributed by atoms with E-state index in [4.69, 9.17) is 4.74 Å². The third-order valence-electron chi connectivity index (χ3n) is 3.20. The van der Waals surface area contributed by atoms with Gasteiger partial charge in [-0.3, -0.25) is 14.9 Å². The molecular formula is C16H14N4O3S. The fraction of sp³-hybridized carbons (Fsp3) is 0.125. The van der Waals surface area contributed by atoms with Crippen molar-refractivity contribution in [3.8, 4) is 11.4 Å². The van der Waals surface area contributed by atoms with Gasteiger partial charge in [0.2, 0.25) is 5.43 Å². The molecule has 0 fully saturated rings. The number of thiazole rings is 1. The van der Waals surface area contributed by atoms with E-state index in [1.807, 2.05) is 12.3 Å². The summed E-state index contributed by atoms with van der Waals surface area (Å²) in [6, 6.07) is 8.41. The minimum absolute atomic E-state index is 0.193. The van der Waals surface area contributed by atoms with Crippen molar-refractivity contribution < 1.29 is 9.53 Å². The van der Waals surface area contributed by atoms with Crippen LogP contribution in [0.25, 0.3) is 5.69 Å². The second-order valence-electron chi connectivity index (χ2n) is 4.92. The van der Waals surface area contributed by atoms with Gasteiger partial charge in [0.1, 0.15) is 5.75 Å². The summed E-state index contributed by atoms with van der Waals surface area (Å²) in [5.41, 5.74) is 0.855. The molecule has 0 aliphatic heterocycles. The molecule has 3 aromatic rings. The van der Waals surface area contributed by atoms with E-state index in [0.29, 0.717) is 16.6 Å². The van der Waals surface area contributed by atoms with Gasteiger partial charge in [-0.05, 0) is 31.2 Å². The molecule has 24 heavy (non-hydrogen) atoms. The molecule has 3 rings (SSSR count). The molecule has 0 saturated heterocycles. The van der Waals surface area contributed by atoms with Gasteiger partial charge >= 0.3 is 0 Å². The van der Waals surface area contributed by atoms with Crippen LogP contribution in [0.4, 0.5) is 5.13 Å². The molecule has 0 aliphatic rings. The van der Waals surface area contributed by atoms with E-state index in [0.717, 1.165) is 5.69 Å². The van der Waals surface area contributed by atoms with Crippen molar-refractivity contribution >= 4 is 22.4 Å². The van der Waals surface area contributed by atoms with Crippen molar-refractivity contribution in [2.75, 3.05) is 12.4 Å². The van der Waals surface area contributed by atoms with Crippen LogP contribution in [0.3, 0.4) is 0 Å². The molecular weight excluding hydrogens is 328 g/mol. The van der Waals surface area contributed by atoms with Crippen LogP contribution in [0, 0.1) is 6.92 Å². The fourth-order valence-corrected chi connectivity index (χ4v) is 2.69. The minimum Gasteiger partial charge on any atom is -0.497 e. The van der Waals surface area contributed by atoms with Crippen LogP contribution in [0.5, 0.6) is 5.75 Å². The Morgan fingerprint density at radius 2 is 2.00 bits per heavy atom. The molecule has 8 heteroatoms. The number of anilines is 1. The first kappa shape index (κ1) is 15.9. The standard InChI is InChI=1S/C16H14N4O3S/c1-10-9-24-16(17-10)18-15(22)14-13(21)7-8-20(19-14)11-3-5-12(23-2)6-4-11/h3-9H,1-2H3,(H,17,18,22). The van der Waals surface area contributed by atoms with Crippen LogP contribution in [-0.4, -0.2) is 27.8 Å². The topological polar surface area (TPSA) is 86.1 Å². The van der Waals surface area contributed by atoms with Crippen molar-refractivity contribution in [3.63, 3.8) is 0 Å². The van der Waals surface area contributed by atoms with E-state index in [1.54, 1.807) is 31.4 Å². The maximum absolute atomic E-state index is 12.3. The number of aromatic nitrogens is 3. The zero-order valence-corrected chi connectivity index (χ0v) is 13.8. The Morgan fingerprint density at radius 1 is 1.25 bits per heavy atom. The lowest BCUT2D eigenvalue weighted by atomic mass is 10.3. The van der Waals surface area contributed by atoms with Crippen LogP contribution >= 0.6 is 11.3 Å². The second-order valence-corrected chi connectivity index (χ2v) is 5.78. The molecule has 0 spiro atoms. The molecule has 0 radical (unpaired) electrons. The first-order chi connectivity index (χ1) is 11.6. The van der Waals surface area contributed by atoms with Crippen molar-refractivity contribution in [2.45, 2.75) is 6.92 Å². The Balaban J connectivity index is 1.90. The first-order valence-corrected chi connectivity index (χ1v) is 7.92. The Labute approximate surface area is 141 Å². The van der Waals surface area contributed by atoms with Crippen LogP contribution < -0.4 is 15.5 Å². The SMILES string of the molecule is COc1ccc(-n2ccc(=O)c(C(=O)Nc3nc(C)cs3)n2)cc1. The quantitative estimate of drug-likeness (QED) is 0.786. The molecule has 1 amide bonds. The van der Waals surface area contributed by atoms with Gasteiger partial charge in [0.05, 0.1) is 18.5 Å². The molecule has 0 saturated carbocycles. The minimum atomic E-state index is -0.586. The van der Waals surface area contributed by atoms with Crippen molar-refractivity contribution in [1.82, 2.24) is 14.8 Å². The lowest BCUT2D eigenvalue weighted by molar-refractivity contribution is 0.101. The van der Waals surface area contributed by atoms with Crippen molar-refractivity contribution in [3.05, 3.63) is 63.5 Å². The highest BCUT2D eigenvalue weighted by atomic mass is 32.1. The number of hydrogen-bond donors (Lipinski definition) is 1. The van der Waals surface area contributed by atoms with Crippen LogP contribution in [0.2, 0.25) is 0 Å². The highest BCUT2D eigenvalue weighted by Crippen LogP contribution is 2.15. The number of carbonyl (C=O) groups is 1. The van der Waals surface area contributed by atoms with Gasteiger partial charge in [0.25, 0.3) is 5.91 Å². The second kappa shape index (κ2) is 6.63. The molecule has 0 atom stereocenters. The van der Waals surface area contributed by atoms with Gasteiger partial charge in [0, 0.05) is 17.6 Å². The number of rotatable bonds is 4. The number of ether oxygens (including phenoxy) is 1. The molecule has 7 nitrogen and oxygen atoms in total. The third kappa shape index (κ3) is 3.33. The lowest BCUT2D eigenvalue weighted by Gasteiger charge is -2.08. The van der Waals surface area contributed by atoms with Crippen LogP contribution in [0.1, 0.15) is 16.2 Å². The summed E-state index contributed by atoms with van der Waals surface area (Å²) in [5.74, 6) is 0.120. The molecule has 0 aliphatic carbocycles. The first-order valence-electron chi connectivity index (χ1n) is 7.05. The smallest absolute Gasteiger partial charge is 0.281 e. The van der Waals surface area contributed by atoms with E-state index in [2.05, 4.69) is 15.4 Å². The summed E-state index contributed by atoms with van der Waals surface area (Å²) in [6.45, 7) is 1.82. The Kier molecular flexibility index (Phi) is 4.39. The fourth-order valence-electron chi connectivity index (χ4n) is 2.01. The number of nitrogens with one attached hydrogen (secondary N) is 1. The zero-order chi connectivity index (χ0) is 17.1. The molecule has 0 unspecified atom stereocenters. The lowest BCUT2D eigenvalue weighted by Crippen LogP contribution is -2.25. The Morgan fingerprint density at radius 3 is 2.62 bits per heavy atom. The number of aryl methyl sites for hydroxylation is 1. The Hall–Kier alpha value is -3.00. The molecule has 2 heterocycles. The van der Waals surface area contributed by atoms with E-state index in [1.165, 1.54) is 28.3 Å². The Bertz CT molecular complexity index is 931. The molecule has 1 N–H and O–H groups in total. The largest absolute Gasteiger partial charge is 0.497 e. The summed E-state index contributed by atoms with van der Waals surface area (Å²) in [4.78, 5) is 28.4. The zero-order valence-electron chi connectivity index (χ0n) is 13.0. The van der Waals surface area contributed by atoms with Gasteiger partial charge in [-0.1, -0.05) is 0 Å². The van der Waals surface area contributed by atoms with Crippen molar-refractivity contribution in [1.29, 1.82) is 0 Å². The van der Waals surface area contributed by atoms with Gasteiger partial charge in [-0.15, -0.1) is 11.3 Å². The number of methoxy groups -OCH3 is 1. The number of benzene rings is 1. The highest BCUT2D eigenvalue weighted by Gasteiger charge is 2.15. The number of amides is 1. The number of nitrogens with zero attached hydrogens (tertiary/aromatic N) is 3. The molecule has 2 aromatic heterocycles. The summed E-state index contributed by atoms with van der Waals surface area (Å²) >= 11 is 1.29. The van der Waals surface area contributed by atoms with E-state index < -0.39 is 11.3 Å². The summed E-state index contributed by atoms with van der Waals surface area (Å²) < 4.78 is 6.57. The summed E-state index contributed by atoms with van der Waals surface area (Å²) in [5, 5.41) is 8.96. The monoisotopic (exact) mass is 342 g/mol. The molecule has 0 bridgehead atoms. The normalized spacial score (nSPS) is 10.4. The maximum Gasteiger partial charge on any atom is 0.281 e. The van der Waals surface area contributed by atoms with Crippen molar-refractivity contribution in [2.24, 2.45) is 0 Å². The summed E-state index contributed by atoms with van der Waals surface area (Å²) in [6.07, 6.45) is 1.51. The van der Waals surface area contributed by atoms with Crippen LogP contribution in [0.15, 0.2) is 46.7 Å². The molecule has 122 valence electrons. The predicted octanol–water partition coefficient (Wildman–Crippen LogP) is 2.26. The van der Waals surface area contributed by atoms with E-state index >= 15 is 0 Å². The molecule has 1 aromatic carbocycles. The van der Waals surface area contributed by atoms with Gasteiger partial charge in [-0.25, -0.2) is 9.67 Å². The van der Waals surface area contributed by atoms with E-state index in [-0.39, 0.29) is 5.69 Å². The highest BCUT2D eigenvalue weighted by molar-refractivity contribution is 7.13. The number of hydrogen-bond acceptors (Lipinski definition) is 6. The van der Waals surface area contributed by atoms with E-state index in [9.17, 15) is 9.59 Å². The summed E-state index contributed by atoms with van der Waals surface area (Å²) in [7, 11) is 1.58. The van der Waals surface area contributed by atoms with Gasteiger partial charge in [0.15, 0.2) is 10.8 Å². The third-order valence-corrected chi connectivity index (χ3v) is 4.08. The average molecular weight is 342 g/mol. The average Bonchev–Trinajstić information content (AvgIpc) is 3.00. The predicted molar refractivity (Wildman–Crippen MR) is 91.2 cm³/mol. The van der Waals surface area contributed by atoms with Gasteiger partial charge in [-0.2, -0.15) is 5.10 Å². The number of carbonyl (C=O) groups excluding carboxylic acids is 1. The maximum atomic E-state index is 12.3. The van der Waals surface area contributed by atoms with Crippen LogP contribution in [-0.2, 0) is 0 Å².